The number of nitrogens with zero attached hydrogens (tertiary/aromatic N) is 1. The lowest BCUT2D eigenvalue weighted by molar-refractivity contribution is -0.145. The van der Waals surface area contributed by atoms with E-state index in [1.165, 1.54) is 11.3 Å². The summed E-state index contributed by atoms with van der Waals surface area (Å²) in [6, 6.07) is 9.80. The van der Waals surface area contributed by atoms with Crippen LogP contribution in [0.15, 0.2) is 35.7 Å². The summed E-state index contributed by atoms with van der Waals surface area (Å²) < 4.78 is 5.04. The molecule has 1 aliphatic heterocycles. The van der Waals surface area contributed by atoms with Crippen molar-refractivity contribution in [1.29, 1.82) is 0 Å². The quantitative estimate of drug-likeness (QED) is 0.650. The largest absolute Gasteiger partial charge is 0.462 e. The van der Waals surface area contributed by atoms with Crippen LogP contribution in [0.2, 0.25) is 0 Å². The summed E-state index contributed by atoms with van der Waals surface area (Å²) in [7, 11) is 0. The molecule has 2 N–H and O–H groups in total. The number of carbonyl (C=O) groups is 2. The maximum Gasteiger partial charge on any atom is 0.309 e. The number of hydrogen-bond donors (Lipinski definition) is 2. The number of rotatable bonds is 5. The highest BCUT2D eigenvalue weighted by Gasteiger charge is 2.33. The van der Waals surface area contributed by atoms with Crippen LogP contribution in [0.3, 0.4) is 0 Å². The van der Waals surface area contributed by atoms with Gasteiger partial charge in [-0.05, 0) is 13.3 Å². The van der Waals surface area contributed by atoms with Crippen molar-refractivity contribution in [3.63, 3.8) is 0 Å². The molecule has 0 spiro atoms. The van der Waals surface area contributed by atoms with Crippen LogP contribution in [0.25, 0.3) is 11.3 Å². The molecule has 0 saturated carbocycles. The zero-order valence-electron chi connectivity index (χ0n) is 12.6. The Bertz CT molecular complexity index is 702. The van der Waals surface area contributed by atoms with E-state index in [4.69, 9.17) is 4.74 Å². The lowest BCUT2D eigenvalue weighted by Crippen LogP contribution is -2.31. The predicted octanol–water partition coefficient (Wildman–Crippen LogP) is 2.59. The number of aromatic nitrogens is 1. The minimum atomic E-state index is -0.358. The Hall–Kier alpha value is -2.41. The minimum Gasteiger partial charge on any atom is -0.462 e. The third kappa shape index (κ3) is 3.87. The van der Waals surface area contributed by atoms with Gasteiger partial charge in [0.05, 0.1) is 17.7 Å². The fourth-order valence-electron chi connectivity index (χ4n) is 2.48. The molecule has 6 nitrogen and oxygen atoms in total. The molecule has 120 valence electrons. The Morgan fingerprint density at radius 2 is 2.17 bits per heavy atom. The molecule has 0 aliphatic carbocycles. The van der Waals surface area contributed by atoms with Crippen molar-refractivity contribution >= 4 is 28.3 Å². The Morgan fingerprint density at radius 3 is 2.87 bits per heavy atom. The minimum absolute atomic E-state index is 0.111. The summed E-state index contributed by atoms with van der Waals surface area (Å²) in [6.45, 7) is 1.83. The molecule has 3 rings (SSSR count). The summed E-state index contributed by atoms with van der Waals surface area (Å²) >= 11 is 1.40. The summed E-state index contributed by atoms with van der Waals surface area (Å²) in [5.41, 5.74) is 7.23. The van der Waals surface area contributed by atoms with Crippen LogP contribution in [-0.2, 0) is 14.3 Å². The molecular weight excluding hydrogens is 314 g/mol. The average Bonchev–Trinajstić information content (AvgIpc) is 3.13. The predicted molar refractivity (Wildman–Crippen MR) is 87.6 cm³/mol. The van der Waals surface area contributed by atoms with Gasteiger partial charge in [0, 0.05) is 17.4 Å². The number of nitrogens with one attached hydrogen (secondary N) is 2. The molecule has 7 heteroatoms. The summed E-state index contributed by atoms with van der Waals surface area (Å²) in [6.07, 6.45) is 0.593. The molecule has 2 heterocycles. The van der Waals surface area contributed by atoms with Gasteiger partial charge in [-0.2, -0.15) is 0 Å². The van der Waals surface area contributed by atoms with Crippen molar-refractivity contribution in [1.82, 2.24) is 10.4 Å². The van der Waals surface area contributed by atoms with E-state index in [0.29, 0.717) is 11.6 Å². The monoisotopic (exact) mass is 331 g/mol. The number of amides is 1. The molecule has 0 bridgehead atoms. The number of anilines is 1. The molecule has 0 radical (unpaired) electrons. The molecule has 2 aromatic rings. The third-order valence-electron chi connectivity index (χ3n) is 3.58. The highest BCUT2D eigenvalue weighted by Crippen LogP contribution is 2.25. The Balaban J connectivity index is 1.52. The second-order valence-electron chi connectivity index (χ2n) is 5.46. The fourth-order valence-corrected chi connectivity index (χ4v) is 3.15. The van der Waals surface area contributed by atoms with Crippen molar-refractivity contribution in [2.24, 2.45) is 5.92 Å². The van der Waals surface area contributed by atoms with Gasteiger partial charge < -0.3 is 4.74 Å². The van der Waals surface area contributed by atoms with E-state index in [9.17, 15) is 9.59 Å². The van der Waals surface area contributed by atoms with E-state index in [-0.39, 0.29) is 30.3 Å². The van der Waals surface area contributed by atoms with Crippen molar-refractivity contribution in [2.75, 3.05) is 5.43 Å². The second kappa shape index (κ2) is 6.78. The summed E-state index contributed by atoms with van der Waals surface area (Å²) in [4.78, 5) is 27.8. The van der Waals surface area contributed by atoms with Gasteiger partial charge >= 0.3 is 5.97 Å². The van der Waals surface area contributed by atoms with Crippen LogP contribution in [0, 0.1) is 5.92 Å². The Labute approximate surface area is 137 Å². The van der Waals surface area contributed by atoms with Crippen LogP contribution in [0.5, 0.6) is 0 Å². The van der Waals surface area contributed by atoms with Gasteiger partial charge in [-0.1, -0.05) is 30.3 Å². The Kier molecular flexibility index (Phi) is 4.57. The van der Waals surface area contributed by atoms with Crippen LogP contribution >= 0.6 is 11.3 Å². The zero-order chi connectivity index (χ0) is 16.2. The lowest BCUT2D eigenvalue weighted by atomic mass is 10.0. The normalized spacial score (nSPS) is 20.1. The van der Waals surface area contributed by atoms with Gasteiger partial charge in [0.2, 0.25) is 11.0 Å². The number of esters is 1. The van der Waals surface area contributed by atoms with Crippen LogP contribution in [0.4, 0.5) is 5.13 Å². The first-order valence-corrected chi connectivity index (χ1v) is 8.26. The second-order valence-corrected chi connectivity index (χ2v) is 6.32. The molecular formula is C16H17N3O3S. The smallest absolute Gasteiger partial charge is 0.309 e. The van der Waals surface area contributed by atoms with Crippen molar-refractivity contribution in [3.05, 3.63) is 35.7 Å². The maximum absolute atomic E-state index is 11.9. The van der Waals surface area contributed by atoms with Gasteiger partial charge in [-0.25, -0.2) is 4.98 Å². The first-order chi connectivity index (χ1) is 11.1. The molecule has 1 fully saturated rings. The fraction of sp³-hybridized carbons (Fsp3) is 0.312. The molecule has 2 atom stereocenters. The van der Waals surface area contributed by atoms with E-state index < -0.39 is 0 Å². The maximum atomic E-state index is 11.9. The average molecular weight is 331 g/mol. The van der Waals surface area contributed by atoms with Crippen LogP contribution < -0.4 is 10.9 Å². The molecule has 1 aliphatic rings. The van der Waals surface area contributed by atoms with E-state index in [2.05, 4.69) is 15.8 Å². The van der Waals surface area contributed by atoms with Crippen LogP contribution in [-0.4, -0.2) is 23.0 Å². The highest BCUT2D eigenvalue weighted by atomic mass is 32.1. The number of ether oxygens (including phenoxy) is 1. The third-order valence-corrected chi connectivity index (χ3v) is 4.34. The molecule has 1 aromatic carbocycles. The van der Waals surface area contributed by atoms with Gasteiger partial charge in [0.1, 0.15) is 0 Å². The van der Waals surface area contributed by atoms with Gasteiger partial charge in [0.25, 0.3) is 0 Å². The zero-order valence-corrected chi connectivity index (χ0v) is 13.4. The van der Waals surface area contributed by atoms with Gasteiger partial charge in [-0.3, -0.25) is 20.4 Å². The first-order valence-electron chi connectivity index (χ1n) is 7.38. The van der Waals surface area contributed by atoms with E-state index in [0.717, 1.165) is 11.3 Å². The number of hydrogen-bond acceptors (Lipinski definition) is 6. The SMILES string of the molecule is C[C@H]1C[C@H](CC(=O)NNc2nc(-c3ccccc3)cs2)C(=O)O1. The van der Waals surface area contributed by atoms with E-state index in [1.54, 1.807) is 0 Å². The molecule has 1 amide bonds. The number of benzene rings is 1. The van der Waals surface area contributed by atoms with Crippen molar-refractivity contribution in [3.8, 4) is 11.3 Å². The molecule has 0 unspecified atom stereocenters. The lowest BCUT2D eigenvalue weighted by Gasteiger charge is -2.07. The van der Waals surface area contributed by atoms with Crippen LogP contribution in [0.1, 0.15) is 19.8 Å². The number of carbonyl (C=O) groups excluding carboxylic acids is 2. The summed E-state index contributed by atoms with van der Waals surface area (Å²) in [5, 5.41) is 2.51. The Morgan fingerprint density at radius 1 is 1.39 bits per heavy atom. The van der Waals surface area contributed by atoms with E-state index >= 15 is 0 Å². The number of cyclic esters (lactones) is 1. The molecule has 1 aromatic heterocycles. The first kappa shape index (κ1) is 15.5. The highest BCUT2D eigenvalue weighted by molar-refractivity contribution is 7.14. The molecule has 23 heavy (non-hydrogen) atoms. The summed E-state index contributed by atoms with van der Waals surface area (Å²) in [5.74, 6) is -0.909. The van der Waals surface area contributed by atoms with Crippen molar-refractivity contribution < 1.29 is 14.3 Å². The standard InChI is InChI=1S/C16H17N3O3S/c1-10-7-12(15(21)22-10)8-14(20)18-19-16-17-13(9-23-16)11-5-3-2-4-6-11/h2-6,9-10,12H,7-8H2,1H3,(H,17,19)(H,18,20)/t10-,12+/m0/s1. The topological polar surface area (TPSA) is 80.3 Å². The van der Waals surface area contributed by atoms with Gasteiger partial charge in [-0.15, -0.1) is 11.3 Å². The van der Waals surface area contributed by atoms with E-state index in [1.807, 2.05) is 42.6 Å². The molecule has 1 saturated heterocycles. The number of thiazole rings is 1. The van der Waals surface area contributed by atoms with Gasteiger partial charge in [0.15, 0.2) is 0 Å². The number of hydrazine groups is 1. The van der Waals surface area contributed by atoms with Crippen molar-refractivity contribution in [2.45, 2.75) is 25.9 Å².